The van der Waals surface area contributed by atoms with E-state index in [1.165, 1.54) is 6.08 Å². The molecule has 0 atom stereocenters. The molecule has 0 radical (unpaired) electrons. The lowest BCUT2D eigenvalue weighted by Gasteiger charge is -2.03. The van der Waals surface area contributed by atoms with Gasteiger partial charge in [0.2, 0.25) is 0 Å². The van der Waals surface area contributed by atoms with E-state index in [1.807, 2.05) is 32.1 Å². The molecule has 0 aromatic heterocycles. The van der Waals surface area contributed by atoms with Crippen LogP contribution in [0.5, 0.6) is 0 Å². The van der Waals surface area contributed by atoms with Crippen molar-refractivity contribution in [2.75, 3.05) is 13.2 Å². The van der Waals surface area contributed by atoms with Gasteiger partial charge in [-0.2, -0.15) is 0 Å². The zero-order valence-corrected chi connectivity index (χ0v) is 12.1. The van der Waals surface area contributed by atoms with Gasteiger partial charge in [0, 0.05) is 0 Å². The standard InChI is InChI=1S/C16H24O3/c1-4-7-8-9-10-11-12-13-15(18-5-2)14-16(17)19-6-3/h4,7,10-14H,5-6,8-9H2,1-3H3. The SMILES string of the molecule is CC=CCCC=CC=CC(=CC(=O)OCC)OCC. The summed E-state index contributed by atoms with van der Waals surface area (Å²) in [4.78, 5) is 11.3. The van der Waals surface area contributed by atoms with Gasteiger partial charge >= 0.3 is 5.97 Å². The van der Waals surface area contributed by atoms with E-state index in [1.54, 1.807) is 13.0 Å². The van der Waals surface area contributed by atoms with Gasteiger partial charge in [-0.25, -0.2) is 4.79 Å². The zero-order valence-electron chi connectivity index (χ0n) is 12.1. The van der Waals surface area contributed by atoms with Gasteiger partial charge in [-0.05, 0) is 39.7 Å². The molecule has 0 fully saturated rings. The van der Waals surface area contributed by atoms with Crippen molar-refractivity contribution in [3.63, 3.8) is 0 Å². The molecule has 0 aliphatic heterocycles. The van der Waals surface area contributed by atoms with Gasteiger partial charge in [-0.15, -0.1) is 0 Å². The number of unbranched alkanes of at least 4 members (excludes halogenated alkanes) is 1. The number of esters is 1. The van der Waals surface area contributed by atoms with Crippen LogP contribution in [0.2, 0.25) is 0 Å². The Morgan fingerprint density at radius 3 is 2.32 bits per heavy atom. The molecule has 0 saturated carbocycles. The van der Waals surface area contributed by atoms with Crippen LogP contribution in [0.15, 0.2) is 48.3 Å². The van der Waals surface area contributed by atoms with Crippen LogP contribution in [0.25, 0.3) is 0 Å². The summed E-state index contributed by atoms with van der Waals surface area (Å²) in [6, 6.07) is 0. The van der Waals surface area contributed by atoms with Gasteiger partial charge < -0.3 is 9.47 Å². The lowest BCUT2D eigenvalue weighted by atomic mass is 10.2. The third-order valence-electron chi connectivity index (χ3n) is 2.10. The average Bonchev–Trinajstić information content (AvgIpc) is 2.38. The number of hydrogen-bond donors (Lipinski definition) is 0. The van der Waals surface area contributed by atoms with Crippen LogP contribution in [-0.2, 0) is 14.3 Å². The maximum Gasteiger partial charge on any atom is 0.334 e. The van der Waals surface area contributed by atoms with E-state index < -0.39 is 0 Å². The number of carbonyl (C=O) groups excluding carboxylic acids is 1. The highest BCUT2D eigenvalue weighted by molar-refractivity contribution is 5.82. The molecule has 3 nitrogen and oxygen atoms in total. The van der Waals surface area contributed by atoms with E-state index in [-0.39, 0.29) is 5.97 Å². The second-order valence-electron chi connectivity index (χ2n) is 3.67. The van der Waals surface area contributed by atoms with E-state index in [0.29, 0.717) is 19.0 Å². The Bertz CT molecular complexity index is 349. The molecule has 0 rings (SSSR count). The van der Waals surface area contributed by atoms with Crippen LogP contribution in [0.4, 0.5) is 0 Å². The van der Waals surface area contributed by atoms with Crippen molar-refractivity contribution >= 4 is 5.97 Å². The maximum absolute atomic E-state index is 11.3. The van der Waals surface area contributed by atoms with E-state index in [0.717, 1.165) is 12.8 Å². The predicted molar refractivity (Wildman–Crippen MR) is 78.7 cm³/mol. The van der Waals surface area contributed by atoms with Crippen molar-refractivity contribution in [3.05, 3.63) is 48.3 Å². The molecule has 19 heavy (non-hydrogen) atoms. The van der Waals surface area contributed by atoms with Crippen molar-refractivity contribution in [3.8, 4) is 0 Å². The lowest BCUT2D eigenvalue weighted by molar-refractivity contribution is -0.137. The number of hydrogen-bond acceptors (Lipinski definition) is 3. The third kappa shape index (κ3) is 11.1. The lowest BCUT2D eigenvalue weighted by Crippen LogP contribution is -2.02. The summed E-state index contributed by atoms with van der Waals surface area (Å²) in [5.74, 6) is 0.131. The molecule has 0 aliphatic rings. The van der Waals surface area contributed by atoms with E-state index in [9.17, 15) is 4.79 Å². The van der Waals surface area contributed by atoms with E-state index >= 15 is 0 Å². The Kier molecular flexibility index (Phi) is 11.5. The fourth-order valence-corrected chi connectivity index (χ4v) is 1.29. The van der Waals surface area contributed by atoms with Gasteiger partial charge in [0.25, 0.3) is 0 Å². The Morgan fingerprint density at radius 1 is 1.00 bits per heavy atom. The minimum atomic E-state index is -0.382. The third-order valence-corrected chi connectivity index (χ3v) is 2.10. The fourth-order valence-electron chi connectivity index (χ4n) is 1.29. The summed E-state index contributed by atoms with van der Waals surface area (Å²) in [5.41, 5.74) is 0. The largest absolute Gasteiger partial charge is 0.494 e. The summed E-state index contributed by atoms with van der Waals surface area (Å²) in [5, 5.41) is 0. The molecule has 0 heterocycles. The molecular formula is C16H24O3. The van der Waals surface area contributed by atoms with Gasteiger partial charge in [0.15, 0.2) is 0 Å². The normalized spacial score (nSPS) is 12.7. The van der Waals surface area contributed by atoms with E-state index in [4.69, 9.17) is 9.47 Å². The first kappa shape index (κ1) is 17.2. The van der Waals surface area contributed by atoms with Crippen LogP contribution in [0, 0.1) is 0 Å². The van der Waals surface area contributed by atoms with Crippen LogP contribution in [0.1, 0.15) is 33.6 Å². The highest BCUT2D eigenvalue weighted by atomic mass is 16.5. The van der Waals surface area contributed by atoms with Crippen molar-refractivity contribution in [1.82, 2.24) is 0 Å². The fraction of sp³-hybridized carbons (Fsp3) is 0.438. The Hall–Kier alpha value is -1.77. The minimum absolute atomic E-state index is 0.364. The smallest absolute Gasteiger partial charge is 0.334 e. The predicted octanol–water partition coefficient (Wildman–Crippen LogP) is 3.94. The summed E-state index contributed by atoms with van der Waals surface area (Å²) in [6.07, 6.45) is 15.2. The average molecular weight is 264 g/mol. The summed E-state index contributed by atoms with van der Waals surface area (Å²) < 4.78 is 10.2. The molecule has 0 N–H and O–H groups in total. The van der Waals surface area contributed by atoms with Crippen molar-refractivity contribution in [2.24, 2.45) is 0 Å². The molecule has 0 bridgehead atoms. The number of allylic oxidation sites excluding steroid dienone is 6. The number of carbonyl (C=O) groups is 1. The molecule has 0 saturated heterocycles. The molecule has 0 aliphatic carbocycles. The van der Waals surface area contributed by atoms with Gasteiger partial charge in [-0.1, -0.05) is 30.4 Å². The zero-order chi connectivity index (χ0) is 14.3. The topological polar surface area (TPSA) is 35.5 Å². The number of ether oxygens (including phenoxy) is 2. The molecule has 0 amide bonds. The second-order valence-corrected chi connectivity index (χ2v) is 3.67. The molecule has 3 heteroatoms. The van der Waals surface area contributed by atoms with Crippen LogP contribution in [-0.4, -0.2) is 19.2 Å². The van der Waals surface area contributed by atoms with E-state index in [2.05, 4.69) is 12.2 Å². The summed E-state index contributed by atoms with van der Waals surface area (Å²) in [6.45, 7) is 6.54. The van der Waals surface area contributed by atoms with Crippen molar-refractivity contribution < 1.29 is 14.3 Å². The Balaban J connectivity index is 4.29. The second kappa shape index (κ2) is 12.7. The van der Waals surface area contributed by atoms with Gasteiger partial charge in [0.05, 0.1) is 19.3 Å². The highest BCUT2D eigenvalue weighted by Gasteiger charge is 1.99. The molecule has 0 aromatic carbocycles. The van der Waals surface area contributed by atoms with Gasteiger partial charge in [0.1, 0.15) is 5.76 Å². The summed E-state index contributed by atoms with van der Waals surface area (Å²) in [7, 11) is 0. The quantitative estimate of drug-likeness (QED) is 0.158. The first-order valence-corrected chi connectivity index (χ1v) is 6.70. The first-order chi connectivity index (χ1) is 9.24. The van der Waals surface area contributed by atoms with Gasteiger partial charge in [-0.3, -0.25) is 0 Å². The minimum Gasteiger partial charge on any atom is -0.494 e. The molecular weight excluding hydrogens is 240 g/mol. The first-order valence-electron chi connectivity index (χ1n) is 6.70. The van der Waals surface area contributed by atoms with Crippen molar-refractivity contribution in [1.29, 1.82) is 0 Å². The number of rotatable bonds is 9. The highest BCUT2D eigenvalue weighted by Crippen LogP contribution is 2.01. The van der Waals surface area contributed by atoms with Crippen LogP contribution in [0.3, 0.4) is 0 Å². The Morgan fingerprint density at radius 2 is 1.68 bits per heavy atom. The summed E-state index contributed by atoms with van der Waals surface area (Å²) >= 11 is 0. The molecule has 0 spiro atoms. The maximum atomic E-state index is 11.3. The van der Waals surface area contributed by atoms with Crippen molar-refractivity contribution in [2.45, 2.75) is 33.6 Å². The molecule has 0 unspecified atom stereocenters. The van der Waals surface area contributed by atoms with Crippen LogP contribution >= 0.6 is 0 Å². The van der Waals surface area contributed by atoms with Crippen LogP contribution < -0.4 is 0 Å². The monoisotopic (exact) mass is 264 g/mol. The molecule has 106 valence electrons. The molecule has 0 aromatic rings. The Labute approximate surface area is 116 Å².